The van der Waals surface area contributed by atoms with Crippen LogP contribution < -0.4 is 10.2 Å². The molecule has 2 aliphatic heterocycles. The van der Waals surface area contributed by atoms with E-state index in [1.165, 1.54) is 0 Å². The molecule has 2 heterocycles. The molecule has 4 nitrogen and oxygen atoms in total. The molecule has 1 aromatic rings. The average molecular weight is 259 g/mol. The van der Waals surface area contributed by atoms with Gasteiger partial charge in [0.25, 0.3) is 5.91 Å². The van der Waals surface area contributed by atoms with Crippen LogP contribution in [0.5, 0.6) is 0 Å². The van der Waals surface area contributed by atoms with E-state index in [2.05, 4.69) is 5.32 Å². The van der Waals surface area contributed by atoms with Crippen LogP contribution in [0.1, 0.15) is 10.4 Å². The lowest BCUT2D eigenvalue weighted by Crippen LogP contribution is -2.31. The molecule has 2 saturated heterocycles. The van der Waals surface area contributed by atoms with Crippen molar-refractivity contribution in [2.24, 2.45) is 11.8 Å². The number of nitrogens with zero attached hydrogens (tertiary/aromatic N) is 2. The Balaban J connectivity index is 1.70. The molecule has 0 unspecified atom stereocenters. The third-order valence-electron chi connectivity index (χ3n) is 4.31. The molecule has 19 heavy (non-hydrogen) atoms. The van der Waals surface area contributed by atoms with E-state index in [9.17, 15) is 4.79 Å². The maximum absolute atomic E-state index is 12.5. The minimum atomic E-state index is 0.180. The van der Waals surface area contributed by atoms with Crippen molar-refractivity contribution in [2.45, 2.75) is 0 Å². The lowest BCUT2D eigenvalue weighted by Gasteiger charge is -2.18. The Bertz CT molecular complexity index is 457. The Morgan fingerprint density at radius 1 is 1.16 bits per heavy atom. The van der Waals surface area contributed by atoms with Crippen LogP contribution in [0.25, 0.3) is 0 Å². The van der Waals surface area contributed by atoms with Gasteiger partial charge in [-0.05, 0) is 36.1 Å². The fraction of sp³-hybridized carbons (Fsp3) is 0.533. The third-order valence-corrected chi connectivity index (χ3v) is 4.31. The molecular weight excluding hydrogens is 238 g/mol. The van der Waals surface area contributed by atoms with Gasteiger partial charge >= 0.3 is 0 Å². The van der Waals surface area contributed by atoms with E-state index < -0.39 is 0 Å². The highest BCUT2D eigenvalue weighted by molar-refractivity contribution is 5.94. The molecule has 3 rings (SSSR count). The van der Waals surface area contributed by atoms with Gasteiger partial charge in [-0.1, -0.05) is 0 Å². The molecule has 0 aliphatic carbocycles. The minimum Gasteiger partial charge on any atom is -0.378 e. The smallest absolute Gasteiger partial charge is 0.253 e. The van der Waals surface area contributed by atoms with Crippen molar-refractivity contribution >= 4 is 11.6 Å². The second-order valence-electron chi connectivity index (χ2n) is 5.83. The van der Waals surface area contributed by atoms with Crippen LogP contribution in [0, 0.1) is 11.8 Å². The first kappa shape index (κ1) is 12.5. The van der Waals surface area contributed by atoms with Gasteiger partial charge in [-0.15, -0.1) is 0 Å². The summed E-state index contributed by atoms with van der Waals surface area (Å²) in [6, 6.07) is 7.88. The standard InChI is InChI=1S/C15H21N3O/c1-17(2)14-5-3-11(4-6-14)15(19)18-9-12-7-16-8-13(12)10-18/h3-6,12-13,16H,7-10H2,1-2H3/t12-,13+. The van der Waals surface area contributed by atoms with Crippen LogP contribution in [0.4, 0.5) is 5.69 Å². The summed E-state index contributed by atoms with van der Waals surface area (Å²) >= 11 is 0. The number of fused-ring (bicyclic) bond motifs is 1. The van der Waals surface area contributed by atoms with Crippen molar-refractivity contribution in [2.75, 3.05) is 45.2 Å². The van der Waals surface area contributed by atoms with Gasteiger partial charge in [-0.3, -0.25) is 4.79 Å². The van der Waals surface area contributed by atoms with E-state index in [1.807, 2.05) is 48.2 Å². The van der Waals surface area contributed by atoms with Crippen molar-refractivity contribution in [3.8, 4) is 0 Å². The summed E-state index contributed by atoms with van der Waals surface area (Å²) in [6.45, 7) is 3.94. The van der Waals surface area contributed by atoms with Crippen molar-refractivity contribution in [3.05, 3.63) is 29.8 Å². The Morgan fingerprint density at radius 2 is 1.74 bits per heavy atom. The first-order chi connectivity index (χ1) is 9.15. The van der Waals surface area contributed by atoms with Crippen molar-refractivity contribution in [1.29, 1.82) is 0 Å². The predicted molar refractivity (Wildman–Crippen MR) is 76.5 cm³/mol. The van der Waals surface area contributed by atoms with Crippen LogP contribution in [-0.4, -0.2) is 51.1 Å². The highest BCUT2D eigenvalue weighted by Crippen LogP contribution is 2.27. The normalized spacial score (nSPS) is 25.5. The monoisotopic (exact) mass is 259 g/mol. The van der Waals surface area contributed by atoms with Gasteiger partial charge in [-0.2, -0.15) is 0 Å². The highest BCUT2D eigenvalue weighted by atomic mass is 16.2. The van der Waals surface area contributed by atoms with Gasteiger partial charge in [0.1, 0.15) is 0 Å². The van der Waals surface area contributed by atoms with Crippen LogP contribution in [-0.2, 0) is 0 Å². The molecule has 2 atom stereocenters. The SMILES string of the molecule is CN(C)c1ccc(C(=O)N2C[C@H]3CNC[C@H]3C2)cc1. The van der Waals surface area contributed by atoms with Gasteiger partial charge in [0.2, 0.25) is 0 Å². The van der Waals surface area contributed by atoms with Gasteiger partial charge in [0.15, 0.2) is 0 Å². The van der Waals surface area contributed by atoms with Gasteiger partial charge in [0.05, 0.1) is 0 Å². The quantitative estimate of drug-likeness (QED) is 0.862. The van der Waals surface area contributed by atoms with E-state index in [0.717, 1.165) is 37.4 Å². The molecule has 0 saturated carbocycles. The second kappa shape index (κ2) is 4.85. The summed E-state index contributed by atoms with van der Waals surface area (Å²) in [5.74, 6) is 1.50. The number of likely N-dealkylation sites (tertiary alicyclic amines) is 1. The number of rotatable bonds is 2. The number of carbonyl (C=O) groups is 1. The molecule has 0 aromatic heterocycles. The van der Waals surface area contributed by atoms with Crippen molar-refractivity contribution < 1.29 is 4.79 Å². The largest absolute Gasteiger partial charge is 0.378 e. The fourth-order valence-corrected chi connectivity index (χ4v) is 3.11. The Labute approximate surface area is 114 Å². The molecule has 1 aromatic carbocycles. The van der Waals surface area contributed by atoms with E-state index in [1.54, 1.807) is 0 Å². The fourth-order valence-electron chi connectivity index (χ4n) is 3.11. The number of nitrogens with one attached hydrogen (secondary N) is 1. The number of carbonyl (C=O) groups excluding carboxylic acids is 1. The van der Waals surface area contributed by atoms with Gasteiger partial charge < -0.3 is 15.1 Å². The zero-order valence-electron chi connectivity index (χ0n) is 11.6. The molecule has 2 fully saturated rings. The Hall–Kier alpha value is -1.55. The van der Waals surface area contributed by atoms with Crippen LogP contribution >= 0.6 is 0 Å². The summed E-state index contributed by atoms with van der Waals surface area (Å²) in [5.41, 5.74) is 1.93. The minimum absolute atomic E-state index is 0.180. The van der Waals surface area contributed by atoms with Crippen molar-refractivity contribution in [3.63, 3.8) is 0 Å². The predicted octanol–water partition coefficient (Wildman–Crippen LogP) is 1.04. The Morgan fingerprint density at radius 3 is 2.26 bits per heavy atom. The molecule has 102 valence electrons. The average Bonchev–Trinajstić information content (AvgIpc) is 2.98. The van der Waals surface area contributed by atoms with Crippen LogP contribution in [0.15, 0.2) is 24.3 Å². The Kier molecular flexibility index (Phi) is 3.19. The van der Waals surface area contributed by atoms with E-state index in [-0.39, 0.29) is 5.91 Å². The lowest BCUT2D eigenvalue weighted by molar-refractivity contribution is 0.0781. The zero-order chi connectivity index (χ0) is 13.4. The number of anilines is 1. The zero-order valence-corrected chi connectivity index (χ0v) is 11.6. The second-order valence-corrected chi connectivity index (χ2v) is 5.83. The number of benzene rings is 1. The summed E-state index contributed by atoms with van der Waals surface area (Å²) in [4.78, 5) is 16.5. The van der Waals surface area contributed by atoms with E-state index in [0.29, 0.717) is 11.8 Å². The maximum atomic E-state index is 12.5. The molecule has 0 spiro atoms. The number of hydrogen-bond acceptors (Lipinski definition) is 3. The number of hydrogen-bond donors (Lipinski definition) is 1. The van der Waals surface area contributed by atoms with E-state index in [4.69, 9.17) is 0 Å². The summed E-state index contributed by atoms with van der Waals surface area (Å²) in [6.07, 6.45) is 0. The lowest BCUT2D eigenvalue weighted by atomic mass is 10.0. The van der Waals surface area contributed by atoms with Gasteiger partial charge in [-0.25, -0.2) is 0 Å². The first-order valence-corrected chi connectivity index (χ1v) is 6.92. The summed E-state index contributed by atoms with van der Waals surface area (Å²) < 4.78 is 0. The van der Waals surface area contributed by atoms with Crippen LogP contribution in [0.2, 0.25) is 0 Å². The topological polar surface area (TPSA) is 35.6 Å². The molecular formula is C15H21N3O. The molecule has 1 N–H and O–H groups in total. The first-order valence-electron chi connectivity index (χ1n) is 6.92. The maximum Gasteiger partial charge on any atom is 0.253 e. The van der Waals surface area contributed by atoms with Gasteiger partial charge in [0, 0.05) is 51.5 Å². The molecule has 4 heteroatoms. The van der Waals surface area contributed by atoms with Crippen LogP contribution in [0.3, 0.4) is 0 Å². The molecule has 2 aliphatic rings. The van der Waals surface area contributed by atoms with Crippen molar-refractivity contribution in [1.82, 2.24) is 10.2 Å². The summed E-state index contributed by atoms with van der Waals surface area (Å²) in [7, 11) is 4.01. The molecule has 1 amide bonds. The van der Waals surface area contributed by atoms with E-state index >= 15 is 0 Å². The summed E-state index contributed by atoms with van der Waals surface area (Å²) in [5, 5.41) is 3.40. The molecule has 0 bridgehead atoms. The highest BCUT2D eigenvalue weighted by Gasteiger charge is 2.38. The number of amides is 1. The molecule has 0 radical (unpaired) electrons. The third kappa shape index (κ3) is 2.32.